The van der Waals surface area contributed by atoms with Gasteiger partial charge < -0.3 is 10.4 Å². The van der Waals surface area contributed by atoms with Crippen LogP contribution in [-0.4, -0.2) is 21.1 Å². The predicted molar refractivity (Wildman–Crippen MR) is 122 cm³/mol. The quantitative estimate of drug-likeness (QED) is 0.302. The number of rotatable bonds is 3. The molecule has 150 valence electrons. The Morgan fingerprint density at radius 3 is 2.63 bits per heavy atom. The van der Waals surface area contributed by atoms with E-state index in [1.807, 2.05) is 24.3 Å². The molecule has 0 aliphatic heterocycles. The van der Waals surface area contributed by atoms with E-state index in [1.165, 1.54) is 29.5 Å². The van der Waals surface area contributed by atoms with E-state index in [1.54, 1.807) is 25.1 Å². The molecule has 0 radical (unpaired) electrons. The van der Waals surface area contributed by atoms with Crippen LogP contribution in [0.3, 0.4) is 0 Å². The molecule has 0 saturated heterocycles. The maximum absolute atomic E-state index is 13.8. The Morgan fingerprint density at radius 1 is 1.13 bits per heavy atom. The second-order valence-electron chi connectivity index (χ2n) is 6.56. The number of aromatic hydroxyl groups is 1. The molecule has 0 saturated carbocycles. The molecule has 1 heterocycles. The minimum absolute atomic E-state index is 0.0172. The molecule has 0 aliphatic carbocycles. The van der Waals surface area contributed by atoms with Crippen LogP contribution >= 0.6 is 23.6 Å². The van der Waals surface area contributed by atoms with E-state index >= 15 is 0 Å². The molecule has 1 aromatic heterocycles. The Morgan fingerprint density at radius 2 is 1.87 bits per heavy atom. The minimum Gasteiger partial charge on any atom is -0.507 e. The highest BCUT2D eigenvalue weighted by Gasteiger charge is 2.16. The van der Waals surface area contributed by atoms with Gasteiger partial charge in [-0.05, 0) is 61.1 Å². The Labute approximate surface area is 181 Å². The molecule has 8 heteroatoms. The van der Waals surface area contributed by atoms with Crippen LogP contribution in [0.15, 0.2) is 60.7 Å². The van der Waals surface area contributed by atoms with Gasteiger partial charge in [0.05, 0.1) is 21.3 Å². The van der Waals surface area contributed by atoms with Crippen molar-refractivity contribution in [3.8, 4) is 16.3 Å². The van der Waals surface area contributed by atoms with Crippen LogP contribution in [0.1, 0.15) is 15.9 Å². The summed E-state index contributed by atoms with van der Waals surface area (Å²) in [5, 5.41) is 16.6. The van der Waals surface area contributed by atoms with E-state index in [0.29, 0.717) is 21.8 Å². The number of thiocarbonyl (C=S) groups is 1. The number of para-hydroxylation sites is 1. The molecule has 0 spiro atoms. The Balaban J connectivity index is 1.58. The number of carbonyl (C=O) groups is 1. The van der Waals surface area contributed by atoms with Gasteiger partial charge in [0.25, 0.3) is 5.91 Å². The molecule has 0 unspecified atom stereocenters. The van der Waals surface area contributed by atoms with Gasteiger partial charge in [0, 0.05) is 5.69 Å². The second kappa shape index (κ2) is 8.17. The van der Waals surface area contributed by atoms with E-state index in [2.05, 4.69) is 15.6 Å². The maximum atomic E-state index is 13.8. The first-order valence-electron chi connectivity index (χ1n) is 8.99. The van der Waals surface area contributed by atoms with Crippen molar-refractivity contribution in [3.05, 3.63) is 77.6 Å². The molecule has 3 N–H and O–H groups in total. The molecule has 3 aromatic carbocycles. The zero-order valence-electron chi connectivity index (χ0n) is 15.8. The normalized spacial score (nSPS) is 10.7. The lowest BCUT2D eigenvalue weighted by Gasteiger charge is -2.13. The molecule has 0 aliphatic rings. The predicted octanol–water partition coefficient (Wildman–Crippen LogP) is 5.24. The largest absolute Gasteiger partial charge is 0.507 e. The van der Waals surface area contributed by atoms with E-state index in [-0.39, 0.29) is 16.4 Å². The Hall–Kier alpha value is -3.36. The lowest BCUT2D eigenvalue weighted by atomic mass is 10.1. The summed E-state index contributed by atoms with van der Waals surface area (Å²) in [6.45, 7) is 1.76. The summed E-state index contributed by atoms with van der Waals surface area (Å²) in [6.07, 6.45) is 0. The van der Waals surface area contributed by atoms with Crippen LogP contribution in [0.25, 0.3) is 20.8 Å². The molecule has 0 atom stereocenters. The van der Waals surface area contributed by atoms with Gasteiger partial charge in [-0.25, -0.2) is 9.37 Å². The molecule has 4 aromatic rings. The average Bonchev–Trinajstić information content (AvgIpc) is 3.14. The van der Waals surface area contributed by atoms with Crippen molar-refractivity contribution in [2.45, 2.75) is 6.92 Å². The third kappa shape index (κ3) is 4.00. The van der Waals surface area contributed by atoms with E-state index in [4.69, 9.17) is 12.2 Å². The fourth-order valence-corrected chi connectivity index (χ4v) is 4.17. The number of hydrogen-bond donors (Lipinski definition) is 3. The van der Waals surface area contributed by atoms with E-state index < -0.39 is 11.7 Å². The van der Waals surface area contributed by atoms with Crippen LogP contribution < -0.4 is 10.6 Å². The number of fused-ring (bicyclic) bond motifs is 1. The number of carbonyl (C=O) groups excluding carboxylic acids is 1. The summed E-state index contributed by atoms with van der Waals surface area (Å²) in [4.78, 5) is 16.8. The van der Waals surface area contributed by atoms with Crippen molar-refractivity contribution in [1.29, 1.82) is 0 Å². The number of aromatic nitrogens is 1. The average molecular weight is 438 g/mol. The molecule has 1 amide bonds. The molecule has 0 fully saturated rings. The van der Waals surface area contributed by atoms with Gasteiger partial charge in [-0.1, -0.05) is 24.3 Å². The van der Waals surface area contributed by atoms with Crippen LogP contribution in [0.4, 0.5) is 10.1 Å². The highest BCUT2D eigenvalue weighted by Crippen LogP contribution is 2.38. The zero-order valence-corrected chi connectivity index (χ0v) is 17.4. The maximum Gasteiger partial charge on any atom is 0.260 e. The molecule has 0 bridgehead atoms. The SMILES string of the molecule is Cc1cc(NC(=S)NC(=O)c2ccccc2F)cc(-c2nc3ccccc3s2)c1O. The minimum atomic E-state index is -0.646. The lowest BCUT2D eigenvalue weighted by Crippen LogP contribution is -2.34. The van der Waals surface area contributed by atoms with Gasteiger partial charge in [0.2, 0.25) is 0 Å². The summed E-state index contributed by atoms with van der Waals surface area (Å²) in [7, 11) is 0. The molecular weight excluding hydrogens is 421 g/mol. The molecule has 4 rings (SSSR count). The summed E-state index contributed by atoms with van der Waals surface area (Å²) < 4.78 is 14.8. The number of nitrogens with zero attached hydrogens (tertiary/aromatic N) is 1. The smallest absolute Gasteiger partial charge is 0.260 e. The van der Waals surface area contributed by atoms with Crippen molar-refractivity contribution in [2.24, 2.45) is 0 Å². The van der Waals surface area contributed by atoms with Gasteiger partial charge in [-0.2, -0.15) is 0 Å². The van der Waals surface area contributed by atoms with Gasteiger partial charge >= 0.3 is 0 Å². The third-order valence-electron chi connectivity index (χ3n) is 4.43. The third-order valence-corrected chi connectivity index (χ3v) is 5.70. The van der Waals surface area contributed by atoms with Crippen molar-refractivity contribution < 1.29 is 14.3 Å². The fourth-order valence-electron chi connectivity index (χ4n) is 2.98. The van der Waals surface area contributed by atoms with Gasteiger partial charge in [-0.15, -0.1) is 11.3 Å². The first kappa shape index (κ1) is 19.9. The Bertz CT molecular complexity index is 1250. The second-order valence-corrected chi connectivity index (χ2v) is 8.00. The number of hydrogen-bond acceptors (Lipinski definition) is 5. The number of amides is 1. The van der Waals surface area contributed by atoms with E-state index in [0.717, 1.165) is 10.2 Å². The number of benzene rings is 3. The number of phenolic OH excluding ortho intramolecular Hbond substituents is 1. The zero-order chi connectivity index (χ0) is 21.3. The van der Waals surface area contributed by atoms with Crippen LogP contribution in [-0.2, 0) is 0 Å². The first-order chi connectivity index (χ1) is 14.4. The Kier molecular flexibility index (Phi) is 5.43. The van der Waals surface area contributed by atoms with Crippen LogP contribution in [0, 0.1) is 12.7 Å². The van der Waals surface area contributed by atoms with Crippen LogP contribution in [0.2, 0.25) is 0 Å². The highest BCUT2D eigenvalue weighted by molar-refractivity contribution is 7.80. The van der Waals surface area contributed by atoms with Crippen LogP contribution in [0.5, 0.6) is 5.75 Å². The lowest BCUT2D eigenvalue weighted by molar-refractivity contribution is 0.0974. The number of anilines is 1. The number of aryl methyl sites for hydroxylation is 1. The number of halogens is 1. The summed E-state index contributed by atoms with van der Waals surface area (Å²) >= 11 is 6.67. The monoisotopic (exact) mass is 437 g/mol. The molecule has 5 nitrogen and oxygen atoms in total. The van der Waals surface area contributed by atoms with Crippen molar-refractivity contribution in [3.63, 3.8) is 0 Å². The highest BCUT2D eigenvalue weighted by atomic mass is 32.1. The molecule has 30 heavy (non-hydrogen) atoms. The van der Waals surface area contributed by atoms with Gasteiger partial charge in [-0.3, -0.25) is 10.1 Å². The summed E-state index contributed by atoms with van der Waals surface area (Å²) in [6, 6.07) is 16.8. The summed E-state index contributed by atoms with van der Waals surface area (Å²) in [5.41, 5.74) is 2.50. The number of phenols is 1. The number of nitrogens with one attached hydrogen (secondary N) is 2. The van der Waals surface area contributed by atoms with E-state index in [9.17, 15) is 14.3 Å². The topological polar surface area (TPSA) is 74.2 Å². The fraction of sp³-hybridized carbons (Fsp3) is 0.0455. The van der Waals surface area contributed by atoms with Crippen molar-refractivity contribution >= 4 is 50.5 Å². The van der Waals surface area contributed by atoms with Gasteiger partial charge in [0.15, 0.2) is 5.11 Å². The summed E-state index contributed by atoms with van der Waals surface area (Å²) in [5.74, 6) is -1.15. The standard InChI is InChI=1S/C22H16FN3O2S2/c1-12-10-13(24-22(29)26-20(28)14-6-2-3-7-16(14)23)11-15(19(12)27)21-25-17-8-4-5-9-18(17)30-21/h2-11,27H,1H3,(H2,24,26,28,29). The number of thiazole rings is 1. The molecular formula is C22H16FN3O2S2. The van der Waals surface area contributed by atoms with Gasteiger partial charge in [0.1, 0.15) is 16.6 Å². The first-order valence-corrected chi connectivity index (χ1v) is 10.2. The van der Waals surface area contributed by atoms with Crippen molar-refractivity contribution in [2.75, 3.05) is 5.32 Å². The van der Waals surface area contributed by atoms with Crippen molar-refractivity contribution in [1.82, 2.24) is 10.3 Å².